The van der Waals surface area contributed by atoms with E-state index in [2.05, 4.69) is 31.2 Å². The van der Waals surface area contributed by atoms with E-state index in [1.165, 1.54) is 11.3 Å². The van der Waals surface area contributed by atoms with Gasteiger partial charge in [-0.1, -0.05) is 68.7 Å². The summed E-state index contributed by atoms with van der Waals surface area (Å²) in [6, 6.07) is 15.2. The molecule has 0 bridgehead atoms. The number of ketones is 1. The molecule has 10 rings (SSSR count). The third-order valence-corrected chi connectivity index (χ3v) is 17.1. The second-order valence-corrected chi connectivity index (χ2v) is 21.7. The molecule has 4 amide bonds. The highest BCUT2D eigenvalue weighted by Crippen LogP contribution is 2.70. The summed E-state index contributed by atoms with van der Waals surface area (Å²) in [5, 5.41) is 23.0. The number of H-pyrrole nitrogens is 1. The summed E-state index contributed by atoms with van der Waals surface area (Å²) >= 11 is 1.37. The monoisotopic (exact) mass is 1030 g/mol. The van der Waals surface area contributed by atoms with Crippen LogP contribution in [-0.4, -0.2) is 129 Å². The zero-order valence-electron chi connectivity index (χ0n) is 42.0. The molecule has 74 heavy (non-hydrogen) atoms. The Hall–Kier alpha value is -6.38. The second kappa shape index (κ2) is 21.5. The lowest BCUT2D eigenvalue weighted by atomic mass is 9.83. The molecule has 6 atom stereocenters. The molecule has 3 aromatic heterocycles. The maximum Gasteiger partial charge on any atom is 0.276 e. The highest BCUT2D eigenvalue weighted by atomic mass is 32.1. The standard InChI is InChI=1S/C54H64F2N10O7S/c1-32(57-3)49(69)61-45(33-12-6-4-7-13-33)52(71)65-20-11-18-42(65)51-60-41(31-74-51)48(68)35-16-10-17-38(24-35)73-23-22-72-21-19-44(67)64-28-36(29-64)47(34-14-8-5-9-15-34)66-30-37(27-58-66)59-50(70)46-39-25-43-53(2,54(43,55)56)26-40(39)62-63-46/h5,8-10,14-17,24,27,30-33,36,42-43,45,47,57H,4,6-7,11-13,18-23,25-26,28-29H2,1-3H3,(H,59,70)(H,61,69)(H,62,63)/t32-,42+,43-,45-,47+,53+/m0/s1. The van der Waals surface area contributed by atoms with E-state index in [-0.39, 0.29) is 92.2 Å². The Bertz CT molecular complexity index is 2860. The first-order chi connectivity index (χ1) is 35.7. The van der Waals surface area contributed by atoms with E-state index in [9.17, 15) is 32.8 Å². The number of fused-ring (bicyclic) bond motifs is 2. The van der Waals surface area contributed by atoms with E-state index < -0.39 is 35.2 Å². The minimum absolute atomic E-state index is 0.0374. The second-order valence-electron chi connectivity index (χ2n) is 20.8. The minimum atomic E-state index is -2.77. The molecule has 4 N–H and O–H groups in total. The Morgan fingerprint density at radius 2 is 1.76 bits per heavy atom. The number of likely N-dealkylation sites (N-methyl/N-ethyl adjacent to an activating group) is 1. The van der Waals surface area contributed by atoms with Gasteiger partial charge in [0.25, 0.3) is 11.8 Å². The van der Waals surface area contributed by atoms with Gasteiger partial charge in [-0.2, -0.15) is 10.2 Å². The Morgan fingerprint density at radius 3 is 2.54 bits per heavy atom. The third-order valence-electron chi connectivity index (χ3n) is 16.1. The topological polar surface area (TPSA) is 206 Å². The number of nitrogens with zero attached hydrogens (tertiary/aromatic N) is 6. The average Bonchev–Trinajstić information content (AvgIpc) is 4.18. The molecule has 0 spiro atoms. The van der Waals surface area contributed by atoms with Crippen molar-refractivity contribution in [1.29, 1.82) is 0 Å². The number of alkyl halides is 2. The van der Waals surface area contributed by atoms with Crippen LogP contribution >= 0.6 is 11.3 Å². The maximum absolute atomic E-state index is 14.5. The Morgan fingerprint density at radius 1 is 0.959 bits per heavy atom. The van der Waals surface area contributed by atoms with Gasteiger partial charge in [-0.15, -0.1) is 11.3 Å². The first kappa shape index (κ1) is 51.1. The van der Waals surface area contributed by atoms with Crippen LogP contribution in [0.2, 0.25) is 0 Å². The van der Waals surface area contributed by atoms with Gasteiger partial charge in [0, 0.05) is 71.7 Å². The average molecular weight is 1040 g/mol. The van der Waals surface area contributed by atoms with Gasteiger partial charge in [-0.05, 0) is 69.7 Å². The Labute approximate surface area is 432 Å². The first-order valence-corrected chi connectivity index (χ1v) is 26.8. The lowest BCUT2D eigenvalue weighted by molar-refractivity contribution is -0.140. The summed E-state index contributed by atoms with van der Waals surface area (Å²) in [6.45, 7) is 5.57. The van der Waals surface area contributed by atoms with Crippen molar-refractivity contribution in [2.24, 2.45) is 23.2 Å². The normalized spacial score (nSPS) is 22.4. The van der Waals surface area contributed by atoms with Crippen molar-refractivity contribution in [1.82, 2.24) is 45.4 Å². The predicted octanol–water partition coefficient (Wildman–Crippen LogP) is 6.79. The van der Waals surface area contributed by atoms with E-state index >= 15 is 0 Å². The van der Waals surface area contributed by atoms with Crippen molar-refractivity contribution in [3.63, 3.8) is 0 Å². The summed E-state index contributed by atoms with van der Waals surface area (Å²) in [5.41, 5.74) is 2.30. The minimum Gasteiger partial charge on any atom is -0.491 e. The van der Waals surface area contributed by atoms with Crippen molar-refractivity contribution >= 4 is 46.4 Å². The molecule has 5 heterocycles. The van der Waals surface area contributed by atoms with Crippen LogP contribution in [0.1, 0.15) is 126 Å². The van der Waals surface area contributed by atoms with E-state index in [1.54, 1.807) is 72.5 Å². The number of aromatic amines is 1. The van der Waals surface area contributed by atoms with Gasteiger partial charge >= 0.3 is 0 Å². The van der Waals surface area contributed by atoms with Crippen molar-refractivity contribution in [2.75, 3.05) is 51.8 Å². The van der Waals surface area contributed by atoms with Crippen LogP contribution in [-0.2, 0) is 32.0 Å². The number of nitrogens with one attached hydrogen (secondary N) is 4. The van der Waals surface area contributed by atoms with Gasteiger partial charge < -0.3 is 35.2 Å². The fraction of sp³-hybridized carbons (Fsp3) is 0.519. The number of ether oxygens (including phenoxy) is 2. The molecular weight excluding hydrogens is 971 g/mol. The summed E-state index contributed by atoms with van der Waals surface area (Å²) in [4.78, 5) is 76.0. The van der Waals surface area contributed by atoms with Gasteiger partial charge in [-0.25, -0.2) is 13.8 Å². The molecule has 17 nitrogen and oxygen atoms in total. The van der Waals surface area contributed by atoms with Gasteiger partial charge in [0.2, 0.25) is 23.5 Å². The first-order valence-electron chi connectivity index (χ1n) is 25.9. The molecular formula is C54H64F2N10O7S. The van der Waals surface area contributed by atoms with Crippen molar-refractivity contribution in [3.05, 3.63) is 111 Å². The zero-order chi connectivity index (χ0) is 51.7. The van der Waals surface area contributed by atoms with Crippen molar-refractivity contribution in [2.45, 2.75) is 108 Å². The molecule has 2 aliphatic heterocycles. The highest BCUT2D eigenvalue weighted by molar-refractivity contribution is 7.10. The van der Waals surface area contributed by atoms with Crippen LogP contribution in [0.15, 0.2) is 72.4 Å². The van der Waals surface area contributed by atoms with Gasteiger partial charge in [0.1, 0.15) is 29.1 Å². The van der Waals surface area contributed by atoms with Gasteiger partial charge in [0.05, 0.1) is 49.6 Å². The van der Waals surface area contributed by atoms with Crippen molar-refractivity contribution < 1.29 is 42.2 Å². The van der Waals surface area contributed by atoms with E-state index in [0.717, 1.165) is 50.5 Å². The number of carbonyl (C=O) groups excluding carboxylic acids is 5. The number of aromatic nitrogens is 5. The molecule has 3 aliphatic carbocycles. The van der Waals surface area contributed by atoms with Crippen LogP contribution in [0.3, 0.4) is 0 Å². The number of anilines is 1. The smallest absolute Gasteiger partial charge is 0.276 e. The van der Waals surface area contributed by atoms with Crippen molar-refractivity contribution in [3.8, 4) is 5.75 Å². The third kappa shape index (κ3) is 10.2. The van der Waals surface area contributed by atoms with Crippen LogP contribution in [0, 0.1) is 23.2 Å². The lowest BCUT2D eigenvalue weighted by Gasteiger charge is -2.43. The number of thiazole rings is 1. The fourth-order valence-corrected chi connectivity index (χ4v) is 12.5. The Kier molecular flexibility index (Phi) is 14.8. The molecule has 392 valence electrons. The zero-order valence-corrected chi connectivity index (χ0v) is 42.8. The predicted molar refractivity (Wildman–Crippen MR) is 271 cm³/mol. The molecule has 5 aromatic rings. The molecule has 20 heteroatoms. The summed E-state index contributed by atoms with van der Waals surface area (Å²) in [5.74, 6) is -4.01. The van der Waals surface area contributed by atoms with Crippen LogP contribution in [0.4, 0.5) is 14.5 Å². The highest BCUT2D eigenvalue weighted by Gasteiger charge is 2.78. The number of hydrogen-bond donors (Lipinski definition) is 4. The summed E-state index contributed by atoms with van der Waals surface area (Å²) < 4.78 is 42.6. The lowest BCUT2D eigenvalue weighted by Crippen LogP contribution is -2.55. The molecule has 2 aromatic carbocycles. The number of amides is 4. The van der Waals surface area contributed by atoms with E-state index in [0.29, 0.717) is 58.6 Å². The molecule has 5 aliphatic rings. The molecule has 4 fully saturated rings. The molecule has 2 saturated carbocycles. The van der Waals surface area contributed by atoms with Crippen LogP contribution in [0.5, 0.6) is 5.75 Å². The van der Waals surface area contributed by atoms with E-state index in [4.69, 9.17) is 14.5 Å². The van der Waals surface area contributed by atoms with Crippen LogP contribution < -0.4 is 20.7 Å². The largest absolute Gasteiger partial charge is 0.491 e. The number of carbonyl (C=O) groups is 5. The number of benzene rings is 2. The van der Waals surface area contributed by atoms with E-state index in [1.807, 2.05) is 35.2 Å². The fourth-order valence-electron chi connectivity index (χ4n) is 11.5. The Balaban J connectivity index is 0.673. The van der Waals surface area contributed by atoms with Gasteiger partial charge in [0.15, 0.2) is 5.69 Å². The van der Waals surface area contributed by atoms with Gasteiger partial charge in [-0.3, -0.25) is 33.8 Å². The summed E-state index contributed by atoms with van der Waals surface area (Å²) in [7, 11) is 1.73. The quantitative estimate of drug-likeness (QED) is 0.0472. The SMILES string of the molecule is CN[C@@H](C)C(=O)N[C@H](C(=O)N1CCC[C@@H]1c1nc(C(=O)c2cccc(OCCOCCC(=O)N3CC([C@@H](c4ccccc4)n4cc(NC(=O)c5n[nH]c6c5C[C@@H]5C(F)(F)[C@]5(C)C6)cn4)C3)c2)cs1)C1CCCCC1. The number of likely N-dealkylation sites (tertiary alicyclic amines) is 2. The molecule has 0 unspecified atom stereocenters. The number of rotatable bonds is 20. The number of halogens is 2. The number of hydrogen-bond acceptors (Lipinski definition) is 12. The molecule has 2 saturated heterocycles. The summed E-state index contributed by atoms with van der Waals surface area (Å²) in [6.07, 6.45) is 10.3. The maximum atomic E-state index is 14.5. The molecule has 0 radical (unpaired) electrons. The van der Waals surface area contributed by atoms with Crippen LogP contribution in [0.25, 0.3) is 0 Å².